The smallest absolute Gasteiger partial charge is 0.387 e. The van der Waals surface area contributed by atoms with Gasteiger partial charge in [-0.15, -0.1) is 0 Å². The van der Waals surface area contributed by atoms with Crippen molar-refractivity contribution in [3.05, 3.63) is 28.3 Å². The molecule has 1 saturated heterocycles. The van der Waals surface area contributed by atoms with E-state index in [0.29, 0.717) is 18.7 Å². The predicted octanol–water partition coefficient (Wildman–Crippen LogP) is 2.11. The average Bonchev–Trinajstić information content (AvgIpc) is 2.87. The molecule has 0 aromatic heterocycles. The summed E-state index contributed by atoms with van der Waals surface area (Å²) in [5.41, 5.74) is -0.145. The van der Waals surface area contributed by atoms with Crippen molar-refractivity contribution in [2.75, 3.05) is 18.0 Å². The number of hydrogen-bond donors (Lipinski definition) is 1. The Bertz CT molecular complexity index is 567. The summed E-state index contributed by atoms with van der Waals surface area (Å²) in [6.07, 6.45) is 0.428. The van der Waals surface area contributed by atoms with Crippen molar-refractivity contribution in [1.29, 1.82) is 0 Å². The molecule has 1 fully saturated rings. The Hall–Kier alpha value is -2.45. The second-order valence-corrected chi connectivity index (χ2v) is 4.56. The van der Waals surface area contributed by atoms with Crippen LogP contribution in [-0.4, -0.2) is 35.7 Å². The molecule has 0 spiro atoms. The second-order valence-electron chi connectivity index (χ2n) is 4.56. The molecule has 0 saturated carbocycles. The van der Waals surface area contributed by atoms with E-state index in [1.54, 1.807) is 4.90 Å². The highest BCUT2D eigenvalue weighted by atomic mass is 19.3. The minimum atomic E-state index is -3.18. The number of carbonyl (C=O) groups is 1. The zero-order valence-electron chi connectivity index (χ0n) is 10.7. The van der Waals surface area contributed by atoms with Crippen molar-refractivity contribution in [3.8, 4) is 5.75 Å². The van der Waals surface area contributed by atoms with Crippen LogP contribution in [0.2, 0.25) is 0 Å². The van der Waals surface area contributed by atoms with E-state index in [0.717, 1.165) is 12.1 Å². The summed E-state index contributed by atoms with van der Waals surface area (Å²) < 4.78 is 28.8. The number of anilines is 1. The average molecular weight is 302 g/mol. The van der Waals surface area contributed by atoms with Crippen molar-refractivity contribution in [3.63, 3.8) is 0 Å². The standard InChI is InChI=1S/C12H12F2N2O5/c13-12(14)21-10-5-8(1-2-9(10)16(19)20)15-4-3-7(6-15)11(17)18/h1-2,5,7,12H,3-4,6H2,(H,17,18). The Kier molecular flexibility index (Phi) is 4.20. The lowest BCUT2D eigenvalue weighted by Gasteiger charge is -2.18. The number of rotatable bonds is 5. The number of carboxylic acids is 1. The summed E-state index contributed by atoms with van der Waals surface area (Å²) in [5, 5.41) is 19.7. The molecule has 1 unspecified atom stereocenters. The maximum absolute atomic E-state index is 12.3. The van der Waals surface area contributed by atoms with Gasteiger partial charge in [0.15, 0.2) is 0 Å². The van der Waals surface area contributed by atoms with Gasteiger partial charge >= 0.3 is 18.3 Å². The van der Waals surface area contributed by atoms with Crippen LogP contribution in [0.1, 0.15) is 6.42 Å². The molecule has 114 valence electrons. The number of nitro benzene ring substituents is 1. The molecule has 0 radical (unpaired) electrons. The fourth-order valence-electron chi connectivity index (χ4n) is 2.24. The summed E-state index contributed by atoms with van der Waals surface area (Å²) in [5.74, 6) is -2.01. The van der Waals surface area contributed by atoms with Crippen LogP contribution in [0.15, 0.2) is 18.2 Å². The fourth-order valence-corrected chi connectivity index (χ4v) is 2.24. The van der Waals surface area contributed by atoms with Gasteiger partial charge in [-0.1, -0.05) is 0 Å². The molecule has 1 N–H and O–H groups in total. The predicted molar refractivity (Wildman–Crippen MR) is 67.7 cm³/mol. The van der Waals surface area contributed by atoms with Crippen LogP contribution < -0.4 is 9.64 Å². The third-order valence-electron chi connectivity index (χ3n) is 3.26. The zero-order chi connectivity index (χ0) is 15.6. The van der Waals surface area contributed by atoms with E-state index in [9.17, 15) is 23.7 Å². The van der Waals surface area contributed by atoms with Gasteiger partial charge in [-0.2, -0.15) is 8.78 Å². The monoisotopic (exact) mass is 302 g/mol. The Morgan fingerprint density at radius 1 is 1.52 bits per heavy atom. The number of aliphatic carboxylic acids is 1. The summed E-state index contributed by atoms with van der Waals surface area (Å²) in [6.45, 7) is -2.52. The molecule has 9 heteroatoms. The summed E-state index contributed by atoms with van der Waals surface area (Å²) in [6, 6.07) is 3.59. The molecular weight excluding hydrogens is 290 g/mol. The molecule has 1 atom stereocenters. The fraction of sp³-hybridized carbons (Fsp3) is 0.417. The van der Waals surface area contributed by atoms with Gasteiger partial charge < -0.3 is 14.7 Å². The lowest BCUT2D eigenvalue weighted by atomic mass is 10.1. The quantitative estimate of drug-likeness (QED) is 0.661. The first-order valence-electron chi connectivity index (χ1n) is 6.09. The van der Waals surface area contributed by atoms with E-state index < -0.39 is 34.9 Å². The van der Waals surface area contributed by atoms with Crippen molar-refractivity contribution in [2.45, 2.75) is 13.0 Å². The Morgan fingerprint density at radius 3 is 2.76 bits per heavy atom. The van der Waals surface area contributed by atoms with E-state index in [1.807, 2.05) is 0 Å². The molecule has 1 aromatic rings. The third-order valence-corrected chi connectivity index (χ3v) is 3.26. The number of halogens is 2. The van der Waals surface area contributed by atoms with Crippen LogP contribution in [0.3, 0.4) is 0 Å². The highest BCUT2D eigenvalue weighted by molar-refractivity contribution is 5.72. The number of nitrogens with zero attached hydrogens (tertiary/aromatic N) is 2. The second kappa shape index (κ2) is 5.90. The molecule has 1 aromatic carbocycles. The molecule has 0 aliphatic carbocycles. The highest BCUT2D eigenvalue weighted by Gasteiger charge is 2.29. The van der Waals surface area contributed by atoms with Crippen LogP contribution in [-0.2, 0) is 4.79 Å². The van der Waals surface area contributed by atoms with E-state index in [-0.39, 0.29) is 6.54 Å². The third kappa shape index (κ3) is 3.36. The maximum atomic E-state index is 12.3. The number of carboxylic acid groups (broad SMARTS) is 1. The van der Waals surface area contributed by atoms with E-state index in [1.165, 1.54) is 6.07 Å². The molecule has 0 bridgehead atoms. The van der Waals surface area contributed by atoms with Crippen molar-refractivity contribution < 1.29 is 28.3 Å². The van der Waals surface area contributed by atoms with E-state index in [2.05, 4.69) is 4.74 Å². The molecule has 2 rings (SSSR count). The molecule has 1 heterocycles. The van der Waals surface area contributed by atoms with Gasteiger partial charge in [0.2, 0.25) is 5.75 Å². The van der Waals surface area contributed by atoms with Crippen molar-refractivity contribution in [2.24, 2.45) is 5.92 Å². The SMILES string of the molecule is O=C(O)C1CCN(c2ccc([N+](=O)[O-])c(OC(F)F)c2)C1. The van der Waals surface area contributed by atoms with Gasteiger partial charge in [0, 0.05) is 30.9 Å². The largest absolute Gasteiger partial charge is 0.481 e. The Balaban J connectivity index is 2.25. The van der Waals surface area contributed by atoms with Crippen molar-refractivity contribution >= 4 is 17.3 Å². The summed E-state index contributed by atoms with van der Waals surface area (Å²) >= 11 is 0. The topological polar surface area (TPSA) is 92.9 Å². The normalized spacial score (nSPS) is 18.0. The minimum Gasteiger partial charge on any atom is -0.481 e. The number of hydrogen-bond acceptors (Lipinski definition) is 5. The minimum absolute atomic E-state index is 0.223. The maximum Gasteiger partial charge on any atom is 0.387 e. The number of ether oxygens (including phenoxy) is 1. The van der Waals surface area contributed by atoms with Crippen molar-refractivity contribution in [1.82, 2.24) is 0 Å². The molecule has 7 nitrogen and oxygen atoms in total. The van der Waals surface area contributed by atoms with Gasteiger partial charge in [-0.05, 0) is 12.5 Å². The van der Waals surface area contributed by atoms with Gasteiger partial charge in [0.05, 0.1) is 10.8 Å². The van der Waals surface area contributed by atoms with Gasteiger partial charge in [0.1, 0.15) is 0 Å². The number of nitro groups is 1. The molecular formula is C12H12F2N2O5. The first-order chi connectivity index (χ1) is 9.88. The number of alkyl halides is 2. The van der Waals surface area contributed by atoms with Crippen LogP contribution in [0.4, 0.5) is 20.2 Å². The molecule has 21 heavy (non-hydrogen) atoms. The summed E-state index contributed by atoms with van der Waals surface area (Å²) in [7, 11) is 0. The number of benzene rings is 1. The highest BCUT2D eigenvalue weighted by Crippen LogP contribution is 2.34. The van der Waals surface area contributed by atoms with Gasteiger partial charge in [-0.3, -0.25) is 14.9 Å². The summed E-state index contributed by atoms with van der Waals surface area (Å²) in [4.78, 5) is 22.5. The van der Waals surface area contributed by atoms with Crippen LogP contribution in [0.5, 0.6) is 5.75 Å². The Labute approximate surface area is 117 Å². The van der Waals surface area contributed by atoms with Gasteiger partial charge in [0.25, 0.3) is 0 Å². The molecule has 1 aliphatic rings. The van der Waals surface area contributed by atoms with E-state index >= 15 is 0 Å². The van der Waals surface area contributed by atoms with Crippen LogP contribution in [0, 0.1) is 16.0 Å². The van der Waals surface area contributed by atoms with Gasteiger partial charge in [-0.25, -0.2) is 0 Å². The lowest BCUT2D eigenvalue weighted by molar-refractivity contribution is -0.386. The first kappa shape index (κ1) is 14.9. The zero-order valence-corrected chi connectivity index (χ0v) is 10.7. The lowest BCUT2D eigenvalue weighted by Crippen LogP contribution is -2.22. The molecule has 0 amide bonds. The first-order valence-corrected chi connectivity index (χ1v) is 6.09. The van der Waals surface area contributed by atoms with E-state index in [4.69, 9.17) is 5.11 Å². The Morgan fingerprint density at radius 2 is 2.24 bits per heavy atom. The van der Waals surface area contributed by atoms with Crippen LogP contribution in [0.25, 0.3) is 0 Å². The molecule has 1 aliphatic heterocycles. The van der Waals surface area contributed by atoms with Crippen LogP contribution >= 0.6 is 0 Å².